The maximum atomic E-state index is 8.43. The second-order valence-electron chi connectivity index (χ2n) is 3.61. The van der Waals surface area contributed by atoms with Crippen LogP contribution >= 0.6 is 11.3 Å². The number of hydrogen-bond acceptors (Lipinski definition) is 7. The minimum atomic E-state index is -0.279. The minimum Gasteiger partial charge on any atom is -0.266 e. The topological polar surface area (TPSA) is 78.7 Å². The van der Waals surface area contributed by atoms with Gasteiger partial charge in [-0.2, -0.15) is 0 Å². The highest BCUT2D eigenvalue weighted by molar-refractivity contribution is 7.15. The zero-order valence-electron chi connectivity index (χ0n) is 9.78. The Morgan fingerprint density at radius 1 is 1.44 bits per heavy atom. The highest BCUT2D eigenvalue weighted by atomic mass is 32.1. The monoisotopic (exact) mass is 267 g/mol. The first-order chi connectivity index (χ1) is 8.66. The van der Waals surface area contributed by atoms with Crippen LogP contribution < -0.4 is 0 Å². The molecule has 18 heavy (non-hydrogen) atoms. The molecule has 96 valence electrons. The lowest BCUT2D eigenvalue weighted by atomic mass is 10.3. The lowest BCUT2D eigenvalue weighted by Gasteiger charge is -2.04. The molecule has 0 aromatic carbocycles. The third kappa shape index (κ3) is 3.31. The molecule has 2 heterocycles. The Morgan fingerprint density at radius 2 is 2.28 bits per heavy atom. The summed E-state index contributed by atoms with van der Waals surface area (Å²) in [5.74, 6) is 0. The van der Waals surface area contributed by atoms with E-state index in [-0.39, 0.29) is 12.0 Å². The van der Waals surface area contributed by atoms with Crippen LogP contribution in [0, 0.1) is 6.92 Å². The van der Waals surface area contributed by atoms with Gasteiger partial charge in [0.2, 0.25) is 0 Å². The second kappa shape index (κ2) is 5.98. The first-order valence-electron chi connectivity index (χ1n) is 5.34. The van der Waals surface area contributed by atoms with E-state index in [0.717, 1.165) is 21.1 Å². The van der Waals surface area contributed by atoms with Crippen LogP contribution in [0.1, 0.15) is 10.6 Å². The van der Waals surface area contributed by atoms with Crippen LogP contribution in [0.3, 0.4) is 0 Å². The van der Waals surface area contributed by atoms with Crippen LogP contribution in [-0.4, -0.2) is 32.4 Å². The molecule has 0 aliphatic rings. The van der Waals surface area contributed by atoms with Crippen molar-refractivity contribution in [1.82, 2.24) is 15.4 Å². The van der Waals surface area contributed by atoms with Gasteiger partial charge in [0.05, 0.1) is 17.7 Å². The van der Waals surface area contributed by atoms with Gasteiger partial charge < -0.3 is 0 Å². The maximum Gasteiger partial charge on any atom is 0.125 e. The molecule has 0 saturated heterocycles. The standard InChI is InChI=1S/C11H13N3O3S/c1-8-10(4-6-17-14(15)16)18-11(13-8)9-3-2-5-12-7-9/h2-3,5,7,15-16H,4,6H2,1H3. The van der Waals surface area contributed by atoms with E-state index in [9.17, 15) is 0 Å². The SMILES string of the molecule is Cc1nc(-c2cccnc2)sc1CCON(O)O. The number of thiazole rings is 1. The highest BCUT2D eigenvalue weighted by Crippen LogP contribution is 2.27. The van der Waals surface area contributed by atoms with Crippen molar-refractivity contribution >= 4 is 11.3 Å². The van der Waals surface area contributed by atoms with Gasteiger partial charge in [-0.15, -0.1) is 11.3 Å². The molecule has 0 aliphatic heterocycles. The summed E-state index contributed by atoms with van der Waals surface area (Å²) in [7, 11) is 0. The van der Waals surface area contributed by atoms with E-state index >= 15 is 0 Å². The number of aryl methyl sites for hydroxylation is 1. The van der Waals surface area contributed by atoms with E-state index in [1.165, 1.54) is 0 Å². The third-order valence-electron chi connectivity index (χ3n) is 2.34. The Morgan fingerprint density at radius 3 is 2.94 bits per heavy atom. The normalized spacial score (nSPS) is 11.1. The second-order valence-corrected chi connectivity index (χ2v) is 4.69. The quantitative estimate of drug-likeness (QED) is 0.807. The van der Waals surface area contributed by atoms with E-state index in [1.807, 2.05) is 19.1 Å². The first-order valence-corrected chi connectivity index (χ1v) is 6.16. The zero-order valence-corrected chi connectivity index (χ0v) is 10.6. The molecule has 2 aromatic rings. The summed E-state index contributed by atoms with van der Waals surface area (Å²) in [6.07, 6.45) is 4.05. The van der Waals surface area contributed by atoms with E-state index in [0.29, 0.717) is 6.42 Å². The molecule has 0 atom stereocenters. The van der Waals surface area contributed by atoms with E-state index in [4.69, 9.17) is 10.4 Å². The molecule has 2 rings (SSSR count). The fourth-order valence-electron chi connectivity index (χ4n) is 1.49. The number of aromatic nitrogens is 2. The summed E-state index contributed by atoms with van der Waals surface area (Å²) >= 11 is 1.55. The van der Waals surface area contributed by atoms with Crippen LogP contribution in [0.15, 0.2) is 24.5 Å². The molecule has 0 amide bonds. The smallest absolute Gasteiger partial charge is 0.125 e. The van der Waals surface area contributed by atoms with Crippen molar-refractivity contribution in [2.75, 3.05) is 6.61 Å². The molecule has 2 N–H and O–H groups in total. The summed E-state index contributed by atoms with van der Waals surface area (Å²) in [4.78, 5) is 14.1. The lowest BCUT2D eigenvalue weighted by molar-refractivity contribution is -0.492. The van der Waals surface area contributed by atoms with Crippen molar-refractivity contribution in [3.05, 3.63) is 35.1 Å². The van der Waals surface area contributed by atoms with Crippen LogP contribution in [0.4, 0.5) is 0 Å². The molecular weight excluding hydrogens is 254 g/mol. The van der Waals surface area contributed by atoms with Crippen LogP contribution in [-0.2, 0) is 11.3 Å². The molecule has 0 fully saturated rings. The molecule has 0 saturated carbocycles. The average Bonchev–Trinajstić information content (AvgIpc) is 2.72. The van der Waals surface area contributed by atoms with E-state index in [2.05, 4.69) is 14.8 Å². The molecule has 6 nitrogen and oxygen atoms in total. The first kappa shape index (κ1) is 13.1. The average molecular weight is 267 g/mol. The third-order valence-corrected chi connectivity index (χ3v) is 3.60. The van der Waals surface area contributed by atoms with E-state index < -0.39 is 0 Å². The molecule has 0 bridgehead atoms. The Bertz CT molecular complexity index is 501. The van der Waals surface area contributed by atoms with Crippen molar-refractivity contribution in [2.45, 2.75) is 13.3 Å². The van der Waals surface area contributed by atoms with Gasteiger partial charge in [-0.3, -0.25) is 20.2 Å². The van der Waals surface area contributed by atoms with Gasteiger partial charge in [0.15, 0.2) is 0 Å². The van der Waals surface area contributed by atoms with Gasteiger partial charge >= 0.3 is 0 Å². The van der Waals surface area contributed by atoms with Gasteiger partial charge in [-0.25, -0.2) is 4.98 Å². The van der Waals surface area contributed by atoms with Crippen LogP contribution in [0.2, 0.25) is 0 Å². The van der Waals surface area contributed by atoms with Gasteiger partial charge in [0, 0.05) is 29.3 Å². The largest absolute Gasteiger partial charge is 0.266 e. The summed E-state index contributed by atoms with van der Waals surface area (Å²) in [5, 5.41) is 17.5. The number of rotatable bonds is 5. The Hall–Kier alpha value is -1.38. The lowest BCUT2D eigenvalue weighted by Crippen LogP contribution is -2.16. The Labute approximate surface area is 108 Å². The van der Waals surface area contributed by atoms with Crippen molar-refractivity contribution < 1.29 is 15.3 Å². The molecule has 2 aromatic heterocycles. The number of hydrogen-bond donors (Lipinski definition) is 2. The fourth-order valence-corrected chi connectivity index (χ4v) is 2.53. The molecule has 7 heteroatoms. The highest BCUT2D eigenvalue weighted by Gasteiger charge is 2.09. The predicted octanol–water partition coefficient (Wildman–Crippen LogP) is 2.07. The Balaban J connectivity index is 2.08. The zero-order chi connectivity index (χ0) is 13.0. The molecular formula is C11H13N3O3S. The van der Waals surface area contributed by atoms with Gasteiger partial charge in [-0.1, -0.05) is 0 Å². The molecule has 0 radical (unpaired) electrons. The van der Waals surface area contributed by atoms with E-state index in [1.54, 1.807) is 23.7 Å². The summed E-state index contributed by atoms with van der Waals surface area (Å²) in [6, 6.07) is 3.82. The molecule has 0 aliphatic carbocycles. The molecule has 0 unspecified atom stereocenters. The Kier molecular flexibility index (Phi) is 4.34. The van der Waals surface area contributed by atoms with Crippen molar-refractivity contribution in [2.24, 2.45) is 0 Å². The van der Waals surface area contributed by atoms with Crippen molar-refractivity contribution in [3.63, 3.8) is 0 Å². The van der Waals surface area contributed by atoms with Gasteiger partial charge in [0.1, 0.15) is 5.01 Å². The number of pyridine rings is 1. The van der Waals surface area contributed by atoms with Gasteiger partial charge in [0.25, 0.3) is 0 Å². The summed E-state index contributed by atoms with van der Waals surface area (Å²) in [6.45, 7) is 2.10. The van der Waals surface area contributed by atoms with Crippen molar-refractivity contribution in [3.8, 4) is 10.6 Å². The fraction of sp³-hybridized carbons (Fsp3) is 0.273. The maximum absolute atomic E-state index is 8.43. The number of nitrogens with zero attached hydrogens (tertiary/aromatic N) is 3. The van der Waals surface area contributed by atoms with Crippen LogP contribution in [0.25, 0.3) is 10.6 Å². The summed E-state index contributed by atoms with van der Waals surface area (Å²) < 4.78 is 0. The molecule has 0 spiro atoms. The van der Waals surface area contributed by atoms with Gasteiger partial charge in [-0.05, 0) is 19.1 Å². The predicted molar refractivity (Wildman–Crippen MR) is 65.2 cm³/mol. The van der Waals surface area contributed by atoms with Crippen LogP contribution in [0.5, 0.6) is 0 Å². The van der Waals surface area contributed by atoms with Crippen molar-refractivity contribution in [1.29, 1.82) is 0 Å². The minimum absolute atomic E-state index is 0.183. The summed E-state index contributed by atoms with van der Waals surface area (Å²) in [5.41, 5.74) is 1.90.